The van der Waals surface area contributed by atoms with E-state index in [0.29, 0.717) is 35.2 Å². The molecule has 2 heterocycles. The van der Waals surface area contributed by atoms with Gasteiger partial charge in [-0.2, -0.15) is 0 Å². The van der Waals surface area contributed by atoms with Gasteiger partial charge >= 0.3 is 6.09 Å². The predicted octanol–water partition coefficient (Wildman–Crippen LogP) is 5.99. The molecule has 164 valence electrons. The molecule has 0 aliphatic heterocycles. The lowest BCUT2D eigenvalue weighted by molar-refractivity contribution is -0.0200. The molecular weight excluding hydrogens is 437 g/mol. The van der Waals surface area contributed by atoms with Crippen molar-refractivity contribution in [3.8, 4) is 5.75 Å². The number of halogens is 2. The van der Waals surface area contributed by atoms with Crippen molar-refractivity contribution >= 4 is 34.9 Å². The summed E-state index contributed by atoms with van der Waals surface area (Å²) in [5.74, 6) is 0.559. The first-order valence-corrected chi connectivity index (χ1v) is 11.0. The van der Waals surface area contributed by atoms with Gasteiger partial charge in [0.15, 0.2) is 0 Å². The lowest BCUT2D eigenvalue weighted by Crippen LogP contribution is -2.52. The SMILES string of the molecule is CC(C)(C)OC(=O)N(Cc1cccn2ccnc12)[C@H]1C[C@H](Oc2cccc(Cl)c2Cl)C1. The Morgan fingerprint density at radius 1 is 1.19 bits per heavy atom. The Morgan fingerprint density at radius 3 is 2.71 bits per heavy atom. The van der Waals surface area contributed by atoms with Crippen molar-refractivity contribution in [2.75, 3.05) is 0 Å². The Bertz CT molecular complexity index is 1090. The molecule has 0 spiro atoms. The van der Waals surface area contributed by atoms with Crippen molar-refractivity contribution in [3.63, 3.8) is 0 Å². The van der Waals surface area contributed by atoms with E-state index < -0.39 is 5.60 Å². The summed E-state index contributed by atoms with van der Waals surface area (Å²) in [5.41, 5.74) is 1.21. The molecule has 0 bridgehead atoms. The third-order valence-corrected chi connectivity index (χ3v) is 5.99. The lowest BCUT2D eigenvalue weighted by Gasteiger charge is -2.43. The van der Waals surface area contributed by atoms with E-state index in [1.807, 2.05) is 49.7 Å². The fourth-order valence-electron chi connectivity index (χ4n) is 3.62. The van der Waals surface area contributed by atoms with Gasteiger partial charge in [0.2, 0.25) is 0 Å². The highest BCUT2D eigenvalue weighted by Gasteiger charge is 2.39. The maximum absolute atomic E-state index is 13.0. The molecule has 1 aliphatic rings. The molecule has 0 saturated heterocycles. The Labute approximate surface area is 191 Å². The minimum Gasteiger partial charge on any atom is -0.489 e. The van der Waals surface area contributed by atoms with Crippen molar-refractivity contribution in [2.45, 2.75) is 57.9 Å². The van der Waals surface area contributed by atoms with Gasteiger partial charge in [-0.25, -0.2) is 9.78 Å². The van der Waals surface area contributed by atoms with E-state index in [2.05, 4.69) is 4.98 Å². The zero-order valence-corrected chi connectivity index (χ0v) is 19.2. The third-order valence-electron chi connectivity index (χ3n) is 5.19. The van der Waals surface area contributed by atoms with Gasteiger partial charge in [0.1, 0.15) is 28.1 Å². The predicted molar refractivity (Wildman–Crippen MR) is 121 cm³/mol. The number of nitrogens with zero attached hydrogens (tertiary/aromatic N) is 3. The van der Waals surface area contributed by atoms with Gasteiger partial charge in [-0.3, -0.25) is 0 Å². The maximum Gasteiger partial charge on any atom is 0.410 e. The molecule has 8 heteroatoms. The van der Waals surface area contributed by atoms with E-state index in [1.165, 1.54) is 0 Å². The number of aromatic nitrogens is 2. The van der Waals surface area contributed by atoms with Crippen LogP contribution in [0, 0.1) is 0 Å². The van der Waals surface area contributed by atoms with Crippen LogP contribution < -0.4 is 4.74 Å². The number of imidazole rings is 1. The summed E-state index contributed by atoms with van der Waals surface area (Å²) in [4.78, 5) is 19.2. The van der Waals surface area contributed by atoms with Crippen LogP contribution in [-0.2, 0) is 11.3 Å². The highest BCUT2D eigenvalue weighted by atomic mass is 35.5. The maximum atomic E-state index is 13.0. The number of carbonyl (C=O) groups excluding carboxylic acids is 1. The van der Waals surface area contributed by atoms with Crippen molar-refractivity contribution in [3.05, 3.63) is 64.5 Å². The van der Waals surface area contributed by atoms with Crippen LogP contribution >= 0.6 is 23.2 Å². The van der Waals surface area contributed by atoms with Crippen molar-refractivity contribution in [2.24, 2.45) is 0 Å². The Hall–Kier alpha value is -2.44. The van der Waals surface area contributed by atoms with E-state index in [0.717, 1.165) is 11.2 Å². The second-order valence-electron chi connectivity index (χ2n) is 8.72. The zero-order valence-electron chi connectivity index (χ0n) is 17.7. The van der Waals surface area contributed by atoms with Crippen molar-refractivity contribution < 1.29 is 14.3 Å². The van der Waals surface area contributed by atoms with Gasteiger partial charge < -0.3 is 18.8 Å². The molecule has 6 nitrogen and oxygen atoms in total. The number of benzene rings is 1. The van der Waals surface area contributed by atoms with E-state index in [-0.39, 0.29) is 18.2 Å². The van der Waals surface area contributed by atoms with Crippen LogP contribution in [0.3, 0.4) is 0 Å². The summed E-state index contributed by atoms with van der Waals surface area (Å²) in [6.07, 6.45) is 6.54. The molecule has 0 radical (unpaired) electrons. The number of carbonyl (C=O) groups is 1. The van der Waals surface area contributed by atoms with E-state index in [9.17, 15) is 4.79 Å². The van der Waals surface area contributed by atoms with Gasteiger partial charge in [-0.15, -0.1) is 0 Å². The highest BCUT2D eigenvalue weighted by Crippen LogP contribution is 2.37. The summed E-state index contributed by atoms with van der Waals surface area (Å²) in [6, 6.07) is 9.25. The molecule has 3 aromatic rings. The molecular formula is C23H25Cl2N3O3. The van der Waals surface area contributed by atoms with E-state index in [1.54, 1.807) is 29.3 Å². The van der Waals surface area contributed by atoms with Gasteiger partial charge in [-0.1, -0.05) is 35.3 Å². The molecule has 1 saturated carbocycles. The van der Waals surface area contributed by atoms with Crippen LogP contribution in [0.15, 0.2) is 48.9 Å². The molecule has 0 N–H and O–H groups in total. The number of ether oxygens (including phenoxy) is 2. The fraction of sp³-hybridized carbons (Fsp3) is 0.391. The summed E-state index contributed by atoms with van der Waals surface area (Å²) in [7, 11) is 0. The van der Waals surface area contributed by atoms with E-state index >= 15 is 0 Å². The van der Waals surface area contributed by atoms with Gasteiger partial charge in [0.25, 0.3) is 0 Å². The number of hydrogen-bond acceptors (Lipinski definition) is 4. The summed E-state index contributed by atoms with van der Waals surface area (Å²) < 4.78 is 13.7. The highest BCUT2D eigenvalue weighted by molar-refractivity contribution is 6.42. The van der Waals surface area contributed by atoms with Crippen LogP contribution in [0.4, 0.5) is 4.79 Å². The number of rotatable bonds is 5. The van der Waals surface area contributed by atoms with Crippen LogP contribution in [0.5, 0.6) is 5.75 Å². The molecule has 0 atom stereocenters. The third kappa shape index (κ3) is 4.91. The minimum atomic E-state index is -0.581. The summed E-state index contributed by atoms with van der Waals surface area (Å²) >= 11 is 12.3. The summed E-state index contributed by atoms with van der Waals surface area (Å²) in [6.45, 7) is 6.01. The molecule has 2 aromatic heterocycles. The summed E-state index contributed by atoms with van der Waals surface area (Å²) in [5, 5.41) is 0.862. The molecule has 4 rings (SSSR count). The standard InChI is InChI=1S/C23H25Cl2N3O3/c1-23(2,3)31-22(29)28(14-15-6-5-10-27-11-9-26-21(15)27)16-12-17(13-16)30-19-8-4-7-18(24)20(19)25/h4-11,16-17H,12-14H2,1-3H3/t16-,17-. The number of hydrogen-bond donors (Lipinski definition) is 0. The Balaban J connectivity index is 1.50. The lowest BCUT2D eigenvalue weighted by atomic mass is 9.87. The minimum absolute atomic E-state index is 0.00646. The number of pyridine rings is 1. The van der Waals surface area contributed by atoms with Gasteiger partial charge in [0.05, 0.1) is 11.6 Å². The first kappa shape index (κ1) is 21.8. The molecule has 0 unspecified atom stereocenters. The monoisotopic (exact) mass is 461 g/mol. The molecule has 1 fully saturated rings. The van der Waals surface area contributed by atoms with Gasteiger partial charge in [-0.05, 0) is 39.0 Å². The van der Waals surface area contributed by atoms with E-state index in [4.69, 9.17) is 32.7 Å². The normalized spacial score (nSPS) is 18.5. The molecule has 1 aliphatic carbocycles. The van der Waals surface area contributed by atoms with Crippen LogP contribution in [-0.4, -0.2) is 38.1 Å². The van der Waals surface area contributed by atoms with Crippen LogP contribution in [0.2, 0.25) is 10.0 Å². The average molecular weight is 462 g/mol. The largest absolute Gasteiger partial charge is 0.489 e. The molecule has 31 heavy (non-hydrogen) atoms. The van der Waals surface area contributed by atoms with Crippen LogP contribution in [0.1, 0.15) is 39.2 Å². The first-order chi connectivity index (χ1) is 14.7. The fourth-order valence-corrected chi connectivity index (χ4v) is 3.96. The second kappa shape index (κ2) is 8.60. The quantitative estimate of drug-likeness (QED) is 0.468. The first-order valence-electron chi connectivity index (χ1n) is 10.2. The van der Waals surface area contributed by atoms with Crippen molar-refractivity contribution in [1.82, 2.24) is 14.3 Å². The Morgan fingerprint density at radius 2 is 1.97 bits per heavy atom. The second-order valence-corrected chi connectivity index (χ2v) is 9.50. The smallest absolute Gasteiger partial charge is 0.410 e. The van der Waals surface area contributed by atoms with Gasteiger partial charge in [0, 0.05) is 43.0 Å². The molecule has 1 aromatic carbocycles. The average Bonchev–Trinajstić information content (AvgIpc) is 3.14. The van der Waals surface area contributed by atoms with Crippen LogP contribution in [0.25, 0.3) is 5.65 Å². The molecule has 1 amide bonds. The topological polar surface area (TPSA) is 56.1 Å². The van der Waals surface area contributed by atoms with Crippen molar-refractivity contribution in [1.29, 1.82) is 0 Å². The number of fused-ring (bicyclic) bond motifs is 1. The Kier molecular flexibility index (Phi) is 6.04. The number of amides is 1. The zero-order chi connectivity index (χ0) is 22.2.